The lowest BCUT2D eigenvalue weighted by Gasteiger charge is -2.20. The maximum atomic E-state index is 13.5. The first-order valence-corrected chi connectivity index (χ1v) is 5.82. The summed E-state index contributed by atoms with van der Waals surface area (Å²) >= 11 is 0. The quantitative estimate of drug-likeness (QED) is 0.880. The van der Waals surface area contributed by atoms with E-state index in [1.807, 2.05) is 0 Å². The summed E-state index contributed by atoms with van der Waals surface area (Å²) in [6.07, 6.45) is 0. The van der Waals surface area contributed by atoms with Crippen LogP contribution in [0.2, 0.25) is 0 Å². The largest absolute Gasteiger partial charge is 0.481 e. The van der Waals surface area contributed by atoms with Gasteiger partial charge in [-0.15, -0.1) is 0 Å². The van der Waals surface area contributed by atoms with Crippen LogP contribution in [-0.2, 0) is 4.79 Å². The van der Waals surface area contributed by atoms with Crippen LogP contribution in [0.25, 0.3) is 0 Å². The molecule has 1 unspecified atom stereocenters. The highest BCUT2D eigenvalue weighted by Gasteiger charge is 2.18. The number of rotatable bonds is 4. The van der Waals surface area contributed by atoms with Crippen molar-refractivity contribution in [1.82, 2.24) is 4.90 Å². The molecule has 19 heavy (non-hydrogen) atoms. The summed E-state index contributed by atoms with van der Waals surface area (Å²) in [5.74, 6) is -2.20. The number of carboxylic acid groups (broad SMARTS) is 1. The van der Waals surface area contributed by atoms with Crippen molar-refractivity contribution < 1.29 is 19.1 Å². The van der Waals surface area contributed by atoms with Gasteiger partial charge in [0.15, 0.2) is 0 Å². The zero-order valence-corrected chi connectivity index (χ0v) is 11.1. The van der Waals surface area contributed by atoms with Gasteiger partial charge >= 0.3 is 12.0 Å². The summed E-state index contributed by atoms with van der Waals surface area (Å²) in [6, 6.07) is 3.84. The lowest BCUT2D eigenvalue weighted by Crippen LogP contribution is -2.36. The second-order valence-electron chi connectivity index (χ2n) is 4.53. The Kier molecular flexibility index (Phi) is 4.86. The van der Waals surface area contributed by atoms with E-state index < -0.39 is 23.7 Å². The molecule has 104 valence electrons. The van der Waals surface area contributed by atoms with Crippen LogP contribution >= 0.6 is 0 Å². The molecule has 1 aromatic carbocycles. The minimum atomic E-state index is -0.985. The number of anilines is 1. The van der Waals surface area contributed by atoms with Crippen LogP contribution in [0.5, 0.6) is 0 Å². The predicted molar refractivity (Wildman–Crippen MR) is 69.6 cm³/mol. The van der Waals surface area contributed by atoms with Gasteiger partial charge in [-0.05, 0) is 24.6 Å². The molecule has 1 atom stereocenters. The number of benzene rings is 1. The average Bonchev–Trinajstić information content (AvgIpc) is 2.33. The molecule has 0 aliphatic carbocycles. The summed E-state index contributed by atoms with van der Waals surface area (Å²) in [5.41, 5.74) is 0.901. The number of amides is 2. The highest BCUT2D eigenvalue weighted by atomic mass is 19.1. The highest BCUT2D eigenvalue weighted by Crippen LogP contribution is 2.16. The Balaban J connectivity index is 2.68. The fourth-order valence-electron chi connectivity index (χ4n) is 1.52. The molecule has 0 heterocycles. The smallest absolute Gasteiger partial charge is 0.321 e. The third-order valence-corrected chi connectivity index (χ3v) is 2.68. The number of nitrogens with zero attached hydrogens (tertiary/aromatic N) is 1. The molecule has 0 bridgehead atoms. The van der Waals surface area contributed by atoms with Crippen molar-refractivity contribution in [3.05, 3.63) is 29.6 Å². The van der Waals surface area contributed by atoms with Crippen LogP contribution in [0.3, 0.4) is 0 Å². The molecule has 2 N–H and O–H groups in total. The van der Waals surface area contributed by atoms with Gasteiger partial charge in [-0.3, -0.25) is 4.79 Å². The molecule has 0 aliphatic heterocycles. The normalized spacial score (nSPS) is 11.8. The maximum Gasteiger partial charge on any atom is 0.321 e. The second-order valence-corrected chi connectivity index (χ2v) is 4.53. The molecule has 0 saturated heterocycles. The Morgan fingerprint density at radius 1 is 1.47 bits per heavy atom. The Labute approximate surface area is 111 Å². The number of hydrogen-bond acceptors (Lipinski definition) is 2. The van der Waals surface area contributed by atoms with Gasteiger partial charge in [0.05, 0.1) is 11.6 Å². The maximum absolute atomic E-state index is 13.5. The first-order chi connectivity index (χ1) is 8.81. The van der Waals surface area contributed by atoms with Crippen LogP contribution in [0.15, 0.2) is 18.2 Å². The van der Waals surface area contributed by atoms with E-state index in [9.17, 15) is 14.0 Å². The lowest BCUT2D eigenvalue weighted by molar-refractivity contribution is -0.141. The zero-order chi connectivity index (χ0) is 14.6. The van der Waals surface area contributed by atoms with Crippen molar-refractivity contribution in [2.75, 3.05) is 18.9 Å². The van der Waals surface area contributed by atoms with E-state index in [0.29, 0.717) is 0 Å². The number of aliphatic carboxylic acids is 1. The molecule has 2 amide bonds. The Morgan fingerprint density at radius 2 is 2.11 bits per heavy atom. The van der Waals surface area contributed by atoms with Crippen molar-refractivity contribution in [3.63, 3.8) is 0 Å². The SMILES string of the molecule is Cc1ccc(F)c(NC(=O)N(C)CC(C)C(=O)O)c1. The molecule has 1 aromatic rings. The van der Waals surface area contributed by atoms with Gasteiger partial charge in [0.1, 0.15) is 5.82 Å². The number of carbonyl (C=O) groups excluding carboxylic acids is 1. The molecule has 0 aromatic heterocycles. The Hall–Kier alpha value is -2.11. The van der Waals surface area contributed by atoms with Gasteiger partial charge in [-0.25, -0.2) is 9.18 Å². The van der Waals surface area contributed by atoms with Crippen molar-refractivity contribution in [3.8, 4) is 0 Å². The van der Waals surface area contributed by atoms with E-state index in [1.165, 1.54) is 31.0 Å². The fraction of sp³-hybridized carbons (Fsp3) is 0.385. The second kappa shape index (κ2) is 6.17. The third-order valence-electron chi connectivity index (χ3n) is 2.68. The average molecular weight is 268 g/mol. The molecule has 0 saturated carbocycles. The van der Waals surface area contributed by atoms with Crippen molar-refractivity contribution in [2.45, 2.75) is 13.8 Å². The number of carbonyl (C=O) groups is 2. The molecule has 0 fully saturated rings. The summed E-state index contributed by atoms with van der Waals surface area (Å²) in [5, 5.41) is 11.2. The number of aryl methyl sites for hydroxylation is 1. The van der Waals surface area contributed by atoms with E-state index >= 15 is 0 Å². The monoisotopic (exact) mass is 268 g/mol. The van der Waals surface area contributed by atoms with E-state index in [1.54, 1.807) is 13.0 Å². The summed E-state index contributed by atoms with van der Waals surface area (Å²) in [4.78, 5) is 23.7. The minimum Gasteiger partial charge on any atom is -0.481 e. The van der Waals surface area contributed by atoms with Gasteiger partial charge in [-0.1, -0.05) is 13.0 Å². The van der Waals surface area contributed by atoms with Crippen molar-refractivity contribution in [2.24, 2.45) is 5.92 Å². The minimum absolute atomic E-state index is 0.0502. The number of hydrogen-bond donors (Lipinski definition) is 2. The summed E-state index contributed by atoms with van der Waals surface area (Å²) in [7, 11) is 1.46. The van der Waals surface area contributed by atoms with Gasteiger partial charge in [0.2, 0.25) is 0 Å². The van der Waals surface area contributed by atoms with E-state index in [2.05, 4.69) is 5.32 Å². The standard InChI is InChI=1S/C13H17FN2O3/c1-8-4-5-10(14)11(6-8)15-13(19)16(3)7-9(2)12(17)18/h4-6,9H,7H2,1-3H3,(H,15,19)(H,17,18). The molecule has 0 aliphatic rings. The van der Waals surface area contributed by atoms with Gasteiger partial charge in [0.25, 0.3) is 0 Å². The van der Waals surface area contributed by atoms with E-state index in [4.69, 9.17) is 5.11 Å². The highest BCUT2D eigenvalue weighted by molar-refractivity contribution is 5.89. The van der Waals surface area contributed by atoms with Crippen LogP contribution in [0.1, 0.15) is 12.5 Å². The first-order valence-electron chi connectivity index (χ1n) is 5.82. The molecule has 0 spiro atoms. The third kappa shape index (κ3) is 4.24. The number of nitrogens with one attached hydrogen (secondary N) is 1. The number of carboxylic acids is 1. The van der Waals surface area contributed by atoms with Gasteiger partial charge in [-0.2, -0.15) is 0 Å². The van der Waals surface area contributed by atoms with Crippen LogP contribution in [0, 0.1) is 18.7 Å². The van der Waals surface area contributed by atoms with E-state index in [0.717, 1.165) is 5.56 Å². The lowest BCUT2D eigenvalue weighted by atomic mass is 10.2. The Morgan fingerprint density at radius 3 is 2.68 bits per heavy atom. The fourth-order valence-corrected chi connectivity index (χ4v) is 1.52. The van der Waals surface area contributed by atoms with Gasteiger partial charge in [0, 0.05) is 13.6 Å². The van der Waals surface area contributed by atoms with Crippen LogP contribution < -0.4 is 5.32 Å². The van der Waals surface area contributed by atoms with Crippen molar-refractivity contribution in [1.29, 1.82) is 0 Å². The number of halogens is 1. The van der Waals surface area contributed by atoms with Crippen LogP contribution in [-0.4, -0.2) is 35.6 Å². The summed E-state index contributed by atoms with van der Waals surface area (Å²) in [6.45, 7) is 3.33. The zero-order valence-electron chi connectivity index (χ0n) is 11.1. The molecule has 5 nitrogen and oxygen atoms in total. The summed E-state index contributed by atoms with van der Waals surface area (Å²) < 4.78 is 13.5. The van der Waals surface area contributed by atoms with Gasteiger partial charge < -0.3 is 15.3 Å². The number of urea groups is 1. The molecule has 1 rings (SSSR count). The topological polar surface area (TPSA) is 69.6 Å². The first kappa shape index (κ1) is 14.9. The predicted octanol–water partition coefficient (Wildman–Crippen LogP) is 2.32. The molecular weight excluding hydrogens is 251 g/mol. The van der Waals surface area contributed by atoms with Crippen LogP contribution in [0.4, 0.5) is 14.9 Å². The van der Waals surface area contributed by atoms with E-state index in [-0.39, 0.29) is 12.2 Å². The Bertz CT molecular complexity index is 491. The van der Waals surface area contributed by atoms with Crippen molar-refractivity contribution >= 4 is 17.7 Å². The molecule has 0 radical (unpaired) electrons. The molecule has 6 heteroatoms. The molecular formula is C13H17FN2O3.